The van der Waals surface area contributed by atoms with E-state index in [0.717, 1.165) is 6.42 Å². The van der Waals surface area contributed by atoms with Crippen LogP contribution in [0.2, 0.25) is 0 Å². The largest absolute Gasteiger partial charge is 0.356 e. The van der Waals surface area contributed by atoms with E-state index in [-0.39, 0.29) is 5.91 Å². The van der Waals surface area contributed by atoms with Gasteiger partial charge < -0.3 is 5.32 Å². The number of hydrogen-bond acceptors (Lipinski definition) is 1. The van der Waals surface area contributed by atoms with E-state index in [9.17, 15) is 4.79 Å². The van der Waals surface area contributed by atoms with Crippen LogP contribution in [0, 0.1) is 12.3 Å². The van der Waals surface area contributed by atoms with Crippen LogP contribution in [0.3, 0.4) is 0 Å². The summed E-state index contributed by atoms with van der Waals surface area (Å²) < 4.78 is 0. The Bertz CT molecular complexity index is 135. The third-order valence-electron chi connectivity index (χ3n) is 1.10. The average molecular weight is 139 g/mol. The first kappa shape index (κ1) is 9.03. The number of carbonyl (C=O) groups is 1. The van der Waals surface area contributed by atoms with Crippen LogP contribution >= 0.6 is 0 Å². The Balaban J connectivity index is 3.15. The van der Waals surface area contributed by atoms with Crippen molar-refractivity contribution in [3.8, 4) is 12.3 Å². The molecule has 0 saturated carbocycles. The molecule has 56 valence electrons. The Labute approximate surface area is 62.0 Å². The molecule has 2 heteroatoms. The first-order valence-electron chi connectivity index (χ1n) is 3.51. The molecule has 0 aliphatic carbocycles. The molecule has 0 aromatic rings. The van der Waals surface area contributed by atoms with Crippen LogP contribution in [-0.4, -0.2) is 12.5 Å². The van der Waals surface area contributed by atoms with Gasteiger partial charge >= 0.3 is 0 Å². The van der Waals surface area contributed by atoms with Crippen molar-refractivity contribution in [1.29, 1.82) is 0 Å². The minimum absolute atomic E-state index is 0.0951. The maximum Gasteiger partial charge on any atom is 0.220 e. The molecule has 0 spiro atoms. The quantitative estimate of drug-likeness (QED) is 0.455. The molecular weight excluding hydrogens is 126 g/mol. The van der Waals surface area contributed by atoms with E-state index in [1.807, 2.05) is 6.92 Å². The summed E-state index contributed by atoms with van der Waals surface area (Å²) in [4.78, 5) is 10.7. The third kappa shape index (κ3) is 5.17. The molecule has 2 nitrogen and oxygen atoms in total. The van der Waals surface area contributed by atoms with Crippen molar-refractivity contribution >= 4 is 5.91 Å². The summed E-state index contributed by atoms with van der Waals surface area (Å²) >= 11 is 0. The predicted molar refractivity (Wildman–Crippen MR) is 41.4 cm³/mol. The van der Waals surface area contributed by atoms with Crippen molar-refractivity contribution in [3.63, 3.8) is 0 Å². The van der Waals surface area contributed by atoms with E-state index >= 15 is 0 Å². The highest BCUT2D eigenvalue weighted by molar-refractivity contribution is 5.75. The summed E-state index contributed by atoms with van der Waals surface area (Å²) in [7, 11) is 0. The van der Waals surface area contributed by atoms with E-state index in [0.29, 0.717) is 19.4 Å². The number of carbonyl (C=O) groups excluding carboxylic acids is 1. The van der Waals surface area contributed by atoms with Crippen LogP contribution in [0.25, 0.3) is 0 Å². The van der Waals surface area contributed by atoms with E-state index in [4.69, 9.17) is 6.42 Å². The molecule has 0 bridgehead atoms. The molecule has 0 aromatic carbocycles. The van der Waals surface area contributed by atoms with Crippen molar-refractivity contribution in [2.45, 2.75) is 26.2 Å². The lowest BCUT2D eigenvalue weighted by Crippen LogP contribution is -2.21. The van der Waals surface area contributed by atoms with Gasteiger partial charge in [0, 0.05) is 19.4 Å². The molecular formula is C8H13NO. The van der Waals surface area contributed by atoms with Gasteiger partial charge in [0.1, 0.15) is 0 Å². The maximum absolute atomic E-state index is 10.7. The molecule has 0 fully saturated rings. The molecule has 0 aromatic heterocycles. The van der Waals surface area contributed by atoms with Gasteiger partial charge in [-0.2, -0.15) is 0 Å². The fourth-order valence-corrected chi connectivity index (χ4v) is 0.637. The summed E-state index contributed by atoms with van der Waals surface area (Å²) in [6.45, 7) is 2.61. The number of terminal acetylenes is 1. The van der Waals surface area contributed by atoms with Gasteiger partial charge in [-0.3, -0.25) is 4.79 Å². The van der Waals surface area contributed by atoms with E-state index < -0.39 is 0 Å². The molecule has 10 heavy (non-hydrogen) atoms. The second-order valence-electron chi connectivity index (χ2n) is 2.01. The van der Waals surface area contributed by atoms with Crippen molar-refractivity contribution < 1.29 is 4.79 Å². The lowest BCUT2D eigenvalue weighted by Gasteiger charge is -1.98. The zero-order valence-electron chi connectivity index (χ0n) is 6.31. The van der Waals surface area contributed by atoms with Gasteiger partial charge in [0.25, 0.3) is 0 Å². The van der Waals surface area contributed by atoms with Crippen molar-refractivity contribution in [1.82, 2.24) is 5.32 Å². The van der Waals surface area contributed by atoms with Crippen molar-refractivity contribution in [2.75, 3.05) is 6.54 Å². The molecule has 1 amide bonds. The van der Waals surface area contributed by atoms with Gasteiger partial charge in [-0.25, -0.2) is 0 Å². The second kappa shape index (κ2) is 6.15. The Morgan fingerprint density at radius 2 is 2.40 bits per heavy atom. The molecule has 0 aliphatic rings. The molecule has 0 atom stereocenters. The zero-order valence-corrected chi connectivity index (χ0v) is 6.31. The maximum atomic E-state index is 10.7. The van der Waals surface area contributed by atoms with Gasteiger partial charge in [-0.05, 0) is 13.3 Å². The highest BCUT2D eigenvalue weighted by Gasteiger charge is 1.95. The predicted octanol–water partition coefficient (Wildman–Crippen LogP) is 0.926. The Morgan fingerprint density at radius 3 is 2.90 bits per heavy atom. The van der Waals surface area contributed by atoms with Gasteiger partial charge in [0.05, 0.1) is 0 Å². The smallest absolute Gasteiger partial charge is 0.220 e. The van der Waals surface area contributed by atoms with Gasteiger partial charge in [0.2, 0.25) is 5.91 Å². The summed E-state index contributed by atoms with van der Waals surface area (Å²) in [6.07, 6.45) is 7.05. The molecule has 0 unspecified atom stereocenters. The highest BCUT2D eigenvalue weighted by atomic mass is 16.1. The van der Waals surface area contributed by atoms with Gasteiger partial charge in [-0.15, -0.1) is 12.3 Å². The van der Waals surface area contributed by atoms with Gasteiger partial charge in [0.15, 0.2) is 0 Å². The van der Waals surface area contributed by atoms with E-state index in [2.05, 4.69) is 11.2 Å². The number of amides is 1. The number of nitrogens with one attached hydrogen (secondary N) is 1. The van der Waals surface area contributed by atoms with Crippen LogP contribution < -0.4 is 5.32 Å². The first-order valence-corrected chi connectivity index (χ1v) is 3.51. The molecule has 0 rings (SSSR count). The monoisotopic (exact) mass is 139 g/mol. The lowest BCUT2D eigenvalue weighted by atomic mass is 10.2. The van der Waals surface area contributed by atoms with Gasteiger partial charge in [-0.1, -0.05) is 0 Å². The number of hydrogen-bond donors (Lipinski definition) is 1. The Kier molecular flexibility index (Phi) is 5.56. The fraction of sp³-hybridized carbons (Fsp3) is 0.625. The first-order chi connectivity index (χ1) is 4.81. The molecule has 0 heterocycles. The molecule has 0 aliphatic heterocycles. The number of rotatable bonds is 4. The Hall–Kier alpha value is -0.970. The van der Waals surface area contributed by atoms with E-state index in [1.54, 1.807) is 0 Å². The second-order valence-corrected chi connectivity index (χ2v) is 2.01. The molecule has 0 saturated heterocycles. The van der Waals surface area contributed by atoms with Crippen molar-refractivity contribution in [2.24, 2.45) is 0 Å². The summed E-state index contributed by atoms with van der Waals surface area (Å²) in [6, 6.07) is 0. The average Bonchev–Trinajstić information content (AvgIpc) is 1.89. The van der Waals surface area contributed by atoms with Crippen LogP contribution in [0.15, 0.2) is 0 Å². The SMILES string of the molecule is C#CCCCC(=O)NCC. The third-order valence-corrected chi connectivity index (χ3v) is 1.10. The van der Waals surface area contributed by atoms with Crippen LogP contribution in [0.5, 0.6) is 0 Å². The minimum Gasteiger partial charge on any atom is -0.356 e. The summed E-state index contributed by atoms with van der Waals surface area (Å²) in [5, 5.41) is 2.70. The highest BCUT2D eigenvalue weighted by Crippen LogP contribution is 1.92. The van der Waals surface area contributed by atoms with Crippen LogP contribution in [0.4, 0.5) is 0 Å². The minimum atomic E-state index is 0.0951. The van der Waals surface area contributed by atoms with Crippen molar-refractivity contribution in [3.05, 3.63) is 0 Å². The number of unbranched alkanes of at least 4 members (excludes halogenated alkanes) is 1. The fourth-order valence-electron chi connectivity index (χ4n) is 0.637. The van der Waals surface area contributed by atoms with E-state index in [1.165, 1.54) is 0 Å². The summed E-state index contributed by atoms with van der Waals surface area (Å²) in [5.74, 6) is 2.58. The normalized spacial score (nSPS) is 8.40. The Morgan fingerprint density at radius 1 is 1.70 bits per heavy atom. The molecule has 1 N–H and O–H groups in total. The lowest BCUT2D eigenvalue weighted by molar-refractivity contribution is -0.121. The summed E-state index contributed by atoms with van der Waals surface area (Å²) in [5.41, 5.74) is 0. The standard InChI is InChI=1S/C8H13NO/c1-3-5-6-7-8(10)9-4-2/h1H,4-7H2,2H3,(H,9,10). The van der Waals surface area contributed by atoms with Crippen LogP contribution in [-0.2, 0) is 4.79 Å². The topological polar surface area (TPSA) is 29.1 Å². The molecule has 0 radical (unpaired) electrons. The van der Waals surface area contributed by atoms with Crippen LogP contribution in [0.1, 0.15) is 26.2 Å². The zero-order chi connectivity index (χ0) is 7.82.